The Bertz CT molecular complexity index is 592. The van der Waals surface area contributed by atoms with Crippen LogP contribution >= 0.6 is 22.9 Å². The van der Waals surface area contributed by atoms with Gasteiger partial charge in [-0.15, -0.1) is 11.3 Å². The second kappa shape index (κ2) is 6.67. The van der Waals surface area contributed by atoms with Gasteiger partial charge in [-0.1, -0.05) is 11.6 Å². The highest BCUT2D eigenvalue weighted by Crippen LogP contribution is 2.25. The van der Waals surface area contributed by atoms with Gasteiger partial charge in [0, 0.05) is 11.6 Å². The minimum Gasteiger partial charge on any atom is -0.479 e. The maximum atomic E-state index is 12.9. The van der Waals surface area contributed by atoms with E-state index in [0.717, 1.165) is 11.1 Å². The number of halogens is 2. The van der Waals surface area contributed by atoms with Crippen LogP contribution in [0.3, 0.4) is 0 Å². The molecule has 0 saturated carbocycles. The number of ether oxygens (including phenoxy) is 1. The van der Waals surface area contributed by atoms with Gasteiger partial charge in [0.25, 0.3) is 5.91 Å². The molecule has 0 aliphatic carbocycles. The molecule has 4 nitrogen and oxygen atoms in total. The summed E-state index contributed by atoms with van der Waals surface area (Å²) in [5.41, 5.74) is 0. The number of nitrogens with one attached hydrogen (secondary N) is 1. The highest BCUT2D eigenvalue weighted by molar-refractivity contribution is 7.09. The Morgan fingerprint density at radius 2 is 2.40 bits per heavy atom. The molecule has 1 atom stereocenters. The normalized spacial score (nSPS) is 11.9. The zero-order valence-corrected chi connectivity index (χ0v) is 12.2. The summed E-state index contributed by atoms with van der Waals surface area (Å²) in [6, 6.07) is 3.75. The summed E-state index contributed by atoms with van der Waals surface area (Å²) in [4.78, 5) is 15.9. The van der Waals surface area contributed by atoms with E-state index in [1.165, 1.54) is 23.5 Å². The number of carbonyl (C=O) groups is 1. The van der Waals surface area contributed by atoms with Crippen molar-refractivity contribution in [3.8, 4) is 5.75 Å². The van der Waals surface area contributed by atoms with Gasteiger partial charge in [0.05, 0.1) is 11.6 Å². The van der Waals surface area contributed by atoms with Gasteiger partial charge in [-0.25, -0.2) is 9.37 Å². The van der Waals surface area contributed by atoms with Crippen LogP contribution in [0.5, 0.6) is 5.75 Å². The maximum absolute atomic E-state index is 12.9. The first-order valence-corrected chi connectivity index (χ1v) is 7.10. The van der Waals surface area contributed by atoms with Crippen molar-refractivity contribution in [2.24, 2.45) is 0 Å². The summed E-state index contributed by atoms with van der Waals surface area (Å²) in [5.74, 6) is -0.478. The summed E-state index contributed by atoms with van der Waals surface area (Å²) >= 11 is 7.29. The van der Waals surface area contributed by atoms with Crippen LogP contribution in [0.4, 0.5) is 4.39 Å². The fourth-order valence-corrected chi connectivity index (χ4v) is 2.23. The Hall–Kier alpha value is -1.66. The smallest absolute Gasteiger partial charge is 0.261 e. The van der Waals surface area contributed by atoms with Crippen LogP contribution in [-0.4, -0.2) is 17.0 Å². The van der Waals surface area contributed by atoms with Crippen LogP contribution in [0.25, 0.3) is 0 Å². The van der Waals surface area contributed by atoms with E-state index in [1.54, 1.807) is 13.1 Å². The van der Waals surface area contributed by atoms with E-state index < -0.39 is 11.9 Å². The molecule has 0 fully saturated rings. The van der Waals surface area contributed by atoms with Crippen LogP contribution in [0.2, 0.25) is 5.02 Å². The minimum absolute atomic E-state index is 0.129. The van der Waals surface area contributed by atoms with Crippen LogP contribution in [0.1, 0.15) is 11.9 Å². The Morgan fingerprint density at radius 3 is 3.05 bits per heavy atom. The van der Waals surface area contributed by atoms with Crippen molar-refractivity contribution in [1.82, 2.24) is 10.3 Å². The van der Waals surface area contributed by atoms with Crippen molar-refractivity contribution in [2.75, 3.05) is 0 Å². The lowest BCUT2D eigenvalue weighted by atomic mass is 10.3. The standard InChI is InChI=1S/C13H12ClFN2O2S/c1-8(13(18)17-7-12-16-4-5-20-12)19-11-3-2-9(15)6-10(11)14/h2-6,8H,7H2,1H3,(H,17,18). The van der Waals surface area contributed by atoms with Crippen molar-refractivity contribution in [1.29, 1.82) is 0 Å². The molecule has 106 valence electrons. The summed E-state index contributed by atoms with van der Waals surface area (Å²) in [6.07, 6.45) is 0.933. The molecule has 1 aromatic heterocycles. The molecule has 0 saturated heterocycles. The first kappa shape index (κ1) is 14.7. The van der Waals surface area contributed by atoms with Crippen molar-refractivity contribution in [3.05, 3.63) is 45.6 Å². The van der Waals surface area contributed by atoms with Gasteiger partial charge >= 0.3 is 0 Å². The van der Waals surface area contributed by atoms with E-state index >= 15 is 0 Å². The summed E-state index contributed by atoms with van der Waals surface area (Å²) in [5, 5.41) is 5.48. The number of benzene rings is 1. The molecule has 0 aliphatic rings. The molecule has 7 heteroatoms. The molecule has 1 aromatic carbocycles. The van der Waals surface area contributed by atoms with E-state index in [1.807, 2.05) is 5.38 Å². The van der Waals surface area contributed by atoms with Gasteiger partial charge in [0.1, 0.15) is 16.6 Å². The van der Waals surface area contributed by atoms with Crippen molar-refractivity contribution in [2.45, 2.75) is 19.6 Å². The van der Waals surface area contributed by atoms with E-state index in [4.69, 9.17) is 16.3 Å². The average molecular weight is 315 g/mol. The molecule has 20 heavy (non-hydrogen) atoms. The summed E-state index contributed by atoms with van der Waals surface area (Å²) in [6.45, 7) is 1.94. The zero-order valence-electron chi connectivity index (χ0n) is 10.6. The third-order valence-electron chi connectivity index (χ3n) is 2.46. The minimum atomic E-state index is -0.738. The van der Waals surface area contributed by atoms with Crippen LogP contribution in [0, 0.1) is 5.82 Å². The van der Waals surface area contributed by atoms with E-state index in [0.29, 0.717) is 6.54 Å². The number of aromatic nitrogens is 1. The molecule has 0 aliphatic heterocycles. The van der Waals surface area contributed by atoms with Gasteiger partial charge in [0.2, 0.25) is 0 Å². The van der Waals surface area contributed by atoms with Crippen molar-refractivity contribution in [3.63, 3.8) is 0 Å². The number of rotatable bonds is 5. The average Bonchev–Trinajstić information content (AvgIpc) is 2.92. The Kier molecular flexibility index (Phi) is 4.92. The summed E-state index contributed by atoms with van der Waals surface area (Å²) in [7, 11) is 0. The quantitative estimate of drug-likeness (QED) is 0.923. The van der Waals surface area contributed by atoms with Gasteiger partial charge in [-0.3, -0.25) is 4.79 Å². The van der Waals surface area contributed by atoms with Gasteiger partial charge in [0.15, 0.2) is 6.10 Å². The predicted molar refractivity (Wildman–Crippen MR) is 75.5 cm³/mol. The van der Waals surface area contributed by atoms with E-state index in [2.05, 4.69) is 10.3 Å². The van der Waals surface area contributed by atoms with Gasteiger partial charge in [-0.2, -0.15) is 0 Å². The molecular formula is C13H12ClFN2O2S. The molecule has 0 radical (unpaired) electrons. The molecule has 1 unspecified atom stereocenters. The first-order valence-electron chi connectivity index (χ1n) is 5.84. The molecule has 2 rings (SSSR count). The second-order valence-electron chi connectivity index (χ2n) is 3.98. The molecule has 0 spiro atoms. The highest BCUT2D eigenvalue weighted by atomic mass is 35.5. The van der Waals surface area contributed by atoms with E-state index in [-0.39, 0.29) is 16.7 Å². The Labute approximate surface area is 124 Å². The number of thiazole rings is 1. The third kappa shape index (κ3) is 3.91. The molecule has 2 aromatic rings. The second-order valence-corrected chi connectivity index (χ2v) is 5.36. The lowest BCUT2D eigenvalue weighted by Crippen LogP contribution is -2.35. The Morgan fingerprint density at radius 1 is 1.60 bits per heavy atom. The number of carbonyl (C=O) groups excluding carboxylic acids is 1. The Balaban J connectivity index is 1.90. The lowest BCUT2D eigenvalue weighted by Gasteiger charge is -2.15. The lowest BCUT2D eigenvalue weighted by molar-refractivity contribution is -0.127. The molecular weight excluding hydrogens is 303 g/mol. The molecule has 1 heterocycles. The van der Waals surface area contributed by atoms with Crippen LogP contribution in [-0.2, 0) is 11.3 Å². The maximum Gasteiger partial charge on any atom is 0.261 e. The molecule has 1 N–H and O–H groups in total. The fourth-order valence-electron chi connectivity index (χ4n) is 1.46. The van der Waals surface area contributed by atoms with Gasteiger partial charge < -0.3 is 10.1 Å². The van der Waals surface area contributed by atoms with Crippen LogP contribution in [0.15, 0.2) is 29.8 Å². The number of nitrogens with zero attached hydrogens (tertiary/aromatic N) is 1. The number of hydrogen-bond acceptors (Lipinski definition) is 4. The fraction of sp³-hybridized carbons (Fsp3) is 0.231. The van der Waals surface area contributed by atoms with Crippen molar-refractivity contribution < 1.29 is 13.9 Å². The van der Waals surface area contributed by atoms with Gasteiger partial charge in [-0.05, 0) is 25.1 Å². The zero-order chi connectivity index (χ0) is 14.5. The first-order chi connectivity index (χ1) is 9.56. The molecule has 0 bridgehead atoms. The highest BCUT2D eigenvalue weighted by Gasteiger charge is 2.16. The topological polar surface area (TPSA) is 51.2 Å². The van der Waals surface area contributed by atoms with Crippen molar-refractivity contribution >= 4 is 28.8 Å². The largest absolute Gasteiger partial charge is 0.479 e. The third-order valence-corrected chi connectivity index (χ3v) is 3.54. The van der Waals surface area contributed by atoms with E-state index in [9.17, 15) is 9.18 Å². The van der Waals surface area contributed by atoms with Crippen LogP contribution < -0.4 is 10.1 Å². The predicted octanol–water partition coefficient (Wildman–Crippen LogP) is 3.02. The monoisotopic (exact) mass is 314 g/mol. The summed E-state index contributed by atoms with van der Waals surface area (Å²) < 4.78 is 18.3. The SMILES string of the molecule is CC(Oc1ccc(F)cc1Cl)C(=O)NCc1nccs1. The number of amides is 1. The molecule has 1 amide bonds. The number of hydrogen-bond donors (Lipinski definition) is 1.